The SMILES string of the molecule is CC1COC(O)C(C)C1O. The Kier molecular flexibility index (Phi) is 2.28. The second kappa shape index (κ2) is 2.86. The number of aliphatic hydroxyl groups excluding tert-OH is 2. The largest absolute Gasteiger partial charge is 0.392 e. The normalized spacial score (nSPS) is 49.2. The van der Waals surface area contributed by atoms with Gasteiger partial charge < -0.3 is 14.9 Å². The van der Waals surface area contributed by atoms with Gasteiger partial charge in [0.25, 0.3) is 0 Å². The van der Waals surface area contributed by atoms with Crippen molar-refractivity contribution in [1.82, 2.24) is 0 Å². The fraction of sp³-hybridized carbons (Fsp3) is 1.00. The fourth-order valence-corrected chi connectivity index (χ4v) is 1.19. The summed E-state index contributed by atoms with van der Waals surface area (Å²) in [5, 5.41) is 18.5. The molecule has 1 aliphatic heterocycles. The molecule has 1 rings (SSSR count). The van der Waals surface area contributed by atoms with E-state index < -0.39 is 12.4 Å². The number of ether oxygens (including phenoxy) is 1. The molecule has 3 nitrogen and oxygen atoms in total. The second-order valence-electron chi connectivity index (χ2n) is 3.05. The molecule has 0 saturated carbocycles. The van der Waals surface area contributed by atoms with E-state index in [1.807, 2.05) is 6.92 Å². The topological polar surface area (TPSA) is 49.7 Å². The van der Waals surface area contributed by atoms with Crippen molar-refractivity contribution in [3.8, 4) is 0 Å². The van der Waals surface area contributed by atoms with E-state index in [2.05, 4.69) is 0 Å². The number of hydrogen-bond donors (Lipinski definition) is 2. The van der Waals surface area contributed by atoms with Gasteiger partial charge in [-0.1, -0.05) is 13.8 Å². The van der Waals surface area contributed by atoms with Gasteiger partial charge in [-0.15, -0.1) is 0 Å². The Hall–Kier alpha value is -0.120. The van der Waals surface area contributed by atoms with Crippen LogP contribution < -0.4 is 0 Å². The van der Waals surface area contributed by atoms with Crippen molar-refractivity contribution < 1.29 is 14.9 Å². The zero-order valence-corrected chi connectivity index (χ0v) is 6.32. The zero-order chi connectivity index (χ0) is 7.72. The highest BCUT2D eigenvalue weighted by atomic mass is 16.6. The monoisotopic (exact) mass is 146 g/mol. The molecular weight excluding hydrogens is 132 g/mol. The fourth-order valence-electron chi connectivity index (χ4n) is 1.19. The van der Waals surface area contributed by atoms with E-state index in [4.69, 9.17) is 9.84 Å². The third kappa shape index (κ3) is 1.31. The summed E-state index contributed by atoms with van der Waals surface area (Å²) in [6.45, 7) is 4.14. The Balaban J connectivity index is 2.52. The molecule has 3 heteroatoms. The van der Waals surface area contributed by atoms with Crippen LogP contribution in [-0.2, 0) is 4.74 Å². The average molecular weight is 146 g/mol. The first-order valence-corrected chi connectivity index (χ1v) is 3.60. The molecule has 0 spiro atoms. The lowest BCUT2D eigenvalue weighted by Gasteiger charge is -2.34. The molecule has 0 aromatic rings. The maximum atomic E-state index is 9.38. The summed E-state index contributed by atoms with van der Waals surface area (Å²) in [6, 6.07) is 0. The van der Waals surface area contributed by atoms with Gasteiger partial charge in [0.2, 0.25) is 0 Å². The molecular formula is C7H14O3. The van der Waals surface area contributed by atoms with Gasteiger partial charge in [0.05, 0.1) is 12.7 Å². The molecule has 10 heavy (non-hydrogen) atoms. The van der Waals surface area contributed by atoms with Crippen molar-refractivity contribution in [2.45, 2.75) is 26.2 Å². The quantitative estimate of drug-likeness (QED) is 0.504. The molecule has 1 fully saturated rings. The third-order valence-corrected chi connectivity index (χ3v) is 2.10. The standard InChI is InChI=1S/C7H14O3/c1-4-3-10-7(9)5(2)6(4)8/h4-9H,3H2,1-2H3. The lowest BCUT2D eigenvalue weighted by Crippen LogP contribution is -2.43. The van der Waals surface area contributed by atoms with Crippen LogP contribution in [0.4, 0.5) is 0 Å². The summed E-state index contributed by atoms with van der Waals surface area (Å²) in [5.41, 5.74) is 0. The molecule has 1 heterocycles. The minimum Gasteiger partial charge on any atom is -0.392 e. The van der Waals surface area contributed by atoms with Crippen LogP contribution in [0.1, 0.15) is 13.8 Å². The Morgan fingerprint density at radius 2 is 1.90 bits per heavy atom. The predicted molar refractivity (Wildman–Crippen MR) is 36.3 cm³/mol. The number of hydrogen-bond acceptors (Lipinski definition) is 3. The second-order valence-corrected chi connectivity index (χ2v) is 3.05. The van der Waals surface area contributed by atoms with Gasteiger partial charge in [0, 0.05) is 11.8 Å². The van der Waals surface area contributed by atoms with E-state index in [1.54, 1.807) is 6.92 Å². The first-order valence-electron chi connectivity index (χ1n) is 3.60. The highest BCUT2D eigenvalue weighted by Crippen LogP contribution is 2.23. The molecule has 4 unspecified atom stereocenters. The maximum Gasteiger partial charge on any atom is 0.159 e. The van der Waals surface area contributed by atoms with Gasteiger partial charge in [-0.25, -0.2) is 0 Å². The molecule has 1 saturated heterocycles. The maximum absolute atomic E-state index is 9.38. The summed E-state index contributed by atoms with van der Waals surface area (Å²) < 4.78 is 4.97. The molecule has 0 bridgehead atoms. The third-order valence-electron chi connectivity index (χ3n) is 2.10. The minimum absolute atomic E-state index is 0.137. The molecule has 0 aromatic heterocycles. The van der Waals surface area contributed by atoms with Crippen LogP contribution in [0.3, 0.4) is 0 Å². The van der Waals surface area contributed by atoms with Gasteiger partial charge in [-0.05, 0) is 0 Å². The van der Waals surface area contributed by atoms with E-state index in [0.29, 0.717) is 6.61 Å². The van der Waals surface area contributed by atoms with Crippen molar-refractivity contribution in [3.05, 3.63) is 0 Å². The van der Waals surface area contributed by atoms with Gasteiger partial charge in [0.15, 0.2) is 6.29 Å². The summed E-state index contributed by atoms with van der Waals surface area (Å²) in [5.74, 6) is -0.0258. The summed E-state index contributed by atoms with van der Waals surface area (Å²) in [6.07, 6.45) is -1.21. The lowest BCUT2D eigenvalue weighted by atomic mass is 9.91. The average Bonchev–Trinajstić information content (AvgIpc) is 1.93. The Morgan fingerprint density at radius 1 is 1.30 bits per heavy atom. The molecule has 0 amide bonds. The van der Waals surface area contributed by atoms with E-state index in [0.717, 1.165) is 0 Å². The number of rotatable bonds is 0. The van der Waals surface area contributed by atoms with Gasteiger partial charge >= 0.3 is 0 Å². The van der Waals surface area contributed by atoms with Crippen LogP contribution in [0, 0.1) is 11.8 Å². The zero-order valence-electron chi connectivity index (χ0n) is 6.32. The molecule has 4 atom stereocenters. The first-order chi connectivity index (χ1) is 4.63. The van der Waals surface area contributed by atoms with Gasteiger partial charge in [-0.2, -0.15) is 0 Å². The van der Waals surface area contributed by atoms with Crippen molar-refractivity contribution in [2.75, 3.05) is 6.61 Å². The number of aliphatic hydroxyl groups is 2. The first kappa shape index (κ1) is 7.98. The molecule has 1 aliphatic rings. The van der Waals surface area contributed by atoms with E-state index in [9.17, 15) is 5.11 Å². The van der Waals surface area contributed by atoms with Crippen LogP contribution in [0.2, 0.25) is 0 Å². The van der Waals surface area contributed by atoms with E-state index in [1.165, 1.54) is 0 Å². The van der Waals surface area contributed by atoms with Crippen molar-refractivity contribution in [1.29, 1.82) is 0 Å². The lowest BCUT2D eigenvalue weighted by molar-refractivity contribution is -0.206. The smallest absolute Gasteiger partial charge is 0.159 e. The molecule has 0 aromatic carbocycles. The highest BCUT2D eigenvalue weighted by molar-refractivity contribution is 4.76. The summed E-state index contributed by atoms with van der Waals surface area (Å²) in [4.78, 5) is 0. The molecule has 2 N–H and O–H groups in total. The van der Waals surface area contributed by atoms with E-state index >= 15 is 0 Å². The Labute approximate surface area is 60.6 Å². The Morgan fingerprint density at radius 3 is 2.40 bits per heavy atom. The van der Waals surface area contributed by atoms with Crippen LogP contribution in [0.15, 0.2) is 0 Å². The molecule has 0 radical (unpaired) electrons. The van der Waals surface area contributed by atoms with Crippen LogP contribution in [-0.4, -0.2) is 29.2 Å². The van der Waals surface area contributed by atoms with Crippen molar-refractivity contribution in [2.24, 2.45) is 11.8 Å². The molecule has 60 valence electrons. The molecule has 0 aliphatic carbocycles. The summed E-state index contributed by atoms with van der Waals surface area (Å²) in [7, 11) is 0. The Bertz CT molecular complexity index is 101. The predicted octanol–water partition coefficient (Wildman–Crippen LogP) is -0.0319. The van der Waals surface area contributed by atoms with E-state index in [-0.39, 0.29) is 11.8 Å². The van der Waals surface area contributed by atoms with Crippen LogP contribution >= 0.6 is 0 Å². The van der Waals surface area contributed by atoms with Gasteiger partial charge in [-0.3, -0.25) is 0 Å². The minimum atomic E-state index is -0.786. The van der Waals surface area contributed by atoms with Crippen LogP contribution in [0.25, 0.3) is 0 Å². The van der Waals surface area contributed by atoms with Crippen molar-refractivity contribution >= 4 is 0 Å². The van der Waals surface area contributed by atoms with Crippen molar-refractivity contribution in [3.63, 3.8) is 0 Å². The summed E-state index contributed by atoms with van der Waals surface area (Å²) >= 11 is 0. The van der Waals surface area contributed by atoms with Gasteiger partial charge in [0.1, 0.15) is 0 Å². The highest BCUT2D eigenvalue weighted by Gasteiger charge is 2.32. The van der Waals surface area contributed by atoms with Crippen LogP contribution in [0.5, 0.6) is 0 Å².